The smallest absolute Gasteiger partial charge is 0.339 e. The van der Waals surface area contributed by atoms with Gasteiger partial charge < -0.3 is 19.4 Å². The molecule has 1 aromatic heterocycles. The fourth-order valence-electron chi connectivity index (χ4n) is 5.32. The highest BCUT2D eigenvalue weighted by Crippen LogP contribution is 2.37. The summed E-state index contributed by atoms with van der Waals surface area (Å²) in [6, 6.07) is 5.50. The number of fused-ring (bicyclic) bond motifs is 3. The molecule has 7 heteroatoms. The van der Waals surface area contributed by atoms with E-state index in [4.69, 9.17) is 9.15 Å². The standard InChI is InChI=1S/C24H28N2O5/c1-15(22(28)26-10-8-24(9-11-26)13-21(27)25-14-24)30-16-6-7-18-17-4-2-3-5-19(17)23(29)31-20(18)12-16/h6-7,12,15H,2-5,8-11,13-14H2,1H3,(H,25,27). The largest absolute Gasteiger partial charge is 0.481 e. The summed E-state index contributed by atoms with van der Waals surface area (Å²) in [6.45, 7) is 3.74. The van der Waals surface area contributed by atoms with Gasteiger partial charge in [-0.1, -0.05) is 0 Å². The van der Waals surface area contributed by atoms with E-state index in [1.165, 1.54) is 0 Å². The van der Waals surface area contributed by atoms with Crippen LogP contribution in [0.4, 0.5) is 0 Å². The quantitative estimate of drug-likeness (QED) is 0.765. The van der Waals surface area contributed by atoms with Gasteiger partial charge in [0.1, 0.15) is 11.3 Å². The van der Waals surface area contributed by atoms with Crippen LogP contribution in [-0.4, -0.2) is 42.5 Å². The van der Waals surface area contributed by atoms with Crippen LogP contribution in [0.2, 0.25) is 0 Å². The molecule has 0 bridgehead atoms. The molecule has 1 aliphatic carbocycles. The number of nitrogens with zero attached hydrogens (tertiary/aromatic N) is 1. The van der Waals surface area contributed by atoms with Crippen molar-refractivity contribution in [1.82, 2.24) is 10.2 Å². The van der Waals surface area contributed by atoms with Crippen LogP contribution in [0.25, 0.3) is 11.0 Å². The van der Waals surface area contributed by atoms with Gasteiger partial charge in [0.2, 0.25) is 5.91 Å². The lowest BCUT2D eigenvalue weighted by Gasteiger charge is -2.39. The number of carbonyl (C=O) groups excluding carboxylic acids is 2. The fourth-order valence-corrected chi connectivity index (χ4v) is 5.32. The lowest BCUT2D eigenvalue weighted by Crippen LogP contribution is -2.48. The maximum absolute atomic E-state index is 12.9. The lowest BCUT2D eigenvalue weighted by atomic mass is 9.77. The van der Waals surface area contributed by atoms with Crippen molar-refractivity contribution in [2.24, 2.45) is 5.41 Å². The van der Waals surface area contributed by atoms with Gasteiger partial charge in [-0.3, -0.25) is 9.59 Å². The number of carbonyl (C=O) groups is 2. The van der Waals surface area contributed by atoms with Gasteiger partial charge >= 0.3 is 5.63 Å². The maximum Gasteiger partial charge on any atom is 0.339 e. The van der Waals surface area contributed by atoms with E-state index >= 15 is 0 Å². The monoisotopic (exact) mass is 424 g/mol. The number of ether oxygens (including phenoxy) is 1. The second-order valence-electron chi connectivity index (χ2n) is 9.25. The molecule has 1 aromatic carbocycles. The molecule has 2 amide bonds. The molecule has 1 unspecified atom stereocenters. The van der Waals surface area contributed by atoms with Crippen molar-refractivity contribution in [3.8, 4) is 5.75 Å². The Hall–Kier alpha value is -2.83. The van der Waals surface area contributed by atoms with Gasteiger partial charge in [0, 0.05) is 43.1 Å². The lowest BCUT2D eigenvalue weighted by molar-refractivity contribution is -0.140. The molecule has 2 saturated heterocycles. The second-order valence-corrected chi connectivity index (χ2v) is 9.25. The zero-order chi connectivity index (χ0) is 21.6. The van der Waals surface area contributed by atoms with E-state index in [0.717, 1.165) is 55.0 Å². The number of amides is 2. The molecule has 2 aliphatic heterocycles. The van der Waals surface area contributed by atoms with E-state index in [9.17, 15) is 14.4 Å². The van der Waals surface area contributed by atoms with Gasteiger partial charge in [0.25, 0.3) is 5.91 Å². The van der Waals surface area contributed by atoms with Gasteiger partial charge in [-0.25, -0.2) is 4.79 Å². The topological polar surface area (TPSA) is 88.8 Å². The number of likely N-dealkylation sites (tertiary alicyclic amines) is 1. The number of hydrogen-bond acceptors (Lipinski definition) is 5. The van der Waals surface area contributed by atoms with Crippen LogP contribution in [0.5, 0.6) is 5.75 Å². The Labute approximate surface area is 180 Å². The highest BCUT2D eigenvalue weighted by molar-refractivity contribution is 5.84. The summed E-state index contributed by atoms with van der Waals surface area (Å²) in [6.07, 6.45) is 5.35. The molecule has 2 aromatic rings. The normalized spacial score (nSPS) is 21.1. The minimum absolute atomic E-state index is 0.00693. The molecule has 5 rings (SSSR count). The van der Waals surface area contributed by atoms with Crippen LogP contribution < -0.4 is 15.7 Å². The van der Waals surface area contributed by atoms with Crippen LogP contribution in [0.3, 0.4) is 0 Å². The second kappa shape index (κ2) is 7.70. The van der Waals surface area contributed by atoms with Gasteiger partial charge in [0.15, 0.2) is 6.10 Å². The number of aryl methyl sites for hydroxylation is 1. The van der Waals surface area contributed by atoms with E-state index < -0.39 is 6.10 Å². The van der Waals surface area contributed by atoms with Gasteiger partial charge in [-0.15, -0.1) is 0 Å². The van der Waals surface area contributed by atoms with Crippen molar-refractivity contribution in [2.75, 3.05) is 19.6 Å². The zero-order valence-electron chi connectivity index (χ0n) is 17.9. The number of rotatable bonds is 3. The first-order chi connectivity index (χ1) is 14.9. The van der Waals surface area contributed by atoms with Crippen LogP contribution in [-0.2, 0) is 22.4 Å². The first-order valence-electron chi connectivity index (χ1n) is 11.2. The third kappa shape index (κ3) is 3.70. The van der Waals surface area contributed by atoms with Crippen molar-refractivity contribution in [3.63, 3.8) is 0 Å². The van der Waals surface area contributed by atoms with E-state index in [-0.39, 0.29) is 22.9 Å². The molecule has 0 radical (unpaired) electrons. The van der Waals surface area contributed by atoms with E-state index in [0.29, 0.717) is 37.4 Å². The van der Waals surface area contributed by atoms with Gasteiger partial charge in [0.05, 0.1) is 0 Å². The Morgan fingerprint density at radius 1 is 1.16 bits per heavy atom. The number of benzene rings is 1. The van der Waals surface area contributed by atoms with Gasteiger partial charge in [-0.2, -0.15) is 0 Å². The highest BCUT2D eigenvalue weighted by atomic mass is 16.5. The molecule has 2 fully saturated rings. The van der Waals surface area contributed by atoms with Crippen molar-refractivity contribution < 1.29 is 18.7 Å². The maximum atomic E-state index is 12.9. The van der Waals surface area contributed by atoms with Crippen molar-refractivity contribution in [1.29, 1.82) is 0 Å². The van der Waals surface area contributed by atoms with E-state index in [1.807, 2.05) is 17.0 Å². The van der Waals surface area contributed by atoms with E-state index in [1.54, 1.807) is 13.0 Å². The van der Waals surface area contributed by atoms with Crippen LogP contribution in [0, 0.1) is 5.41 Å². The summed E-state index contributed by atoms with van der Waals surface area (Å²) in [5, 5.41) is 3.88. The zero-order valence-corrected chi connectivity index (χ0v) is 17.9. The molecule has 3 aliphatic rings. The summed E-state index contributed by atoms with van der Waals surface area (Å²) in [4.78, 5) is 38.7. The molecular weight excluding hydrogens is 396 g/mol. The summed E-state index contributed by atoms with van der Waals surface area (Å²) in [5.74, 6) is 0.575. The molecule has 164 valence electrons. The first kappa shape index (κ1) is 20.1. The molecule has 0 saturated carbocycles. The summed E-state index contributed by atoms with van der Waals surface area (Å²) < 4.78 is 11.5. The molecular formula is C24H28N2O5. The first-order valence-corrected chi connectivity index (χ1v) is 11.2. The molecule has 7 nitrogen and oxygen atoms in total. The number of piperidine rings is 1. The molecule has 1 atom stereocenters. The third-order valence-electron chi connectivity index (χ3n) is 7.19. The Morgan fingerprint density at radius 2 is 1.90 bits per heavy atom. The Kier molecular flexibility index (Phi) is 4.99. The molecule has 3 heterocycles. The Bertz CT molecular complexity index is 1100. The minimum Gasteiger partial charge on any atom is -0.481 e. The van der Waals surface area contributed by atoms with Crippen LogP contribution in [0.1, 0.15) is 50.2 Å². The average molecular weight is 424 g/mol. The highest BCUT2D eigenvalue weighted by Gasteiger charge is 2.42. The van der Waals surface area contributed by atoms with Crippen molar-refractivity contribution >= 4 is 22.8 Å². The van der Waals surface area contributed by atoms with Crippen molar-refractivity contribution in [3.05, 3.63) is 39.7 Å². The Morgan fingerprint density at radius 3 is 2.61 bits per heavy atom. The van der Waals surface area contributed by atoms with Gasteiger partial charge in [-0.05, 0) is 68.6 Å². The summed E-state index contributed by atoms with van der Waals surface area (Å²) >= 11 is 0. The van der Waals surface area contributed by atoms with Crippen LogP contribution in [0.15, 0.2) is 27.4 Å². The number of nitrogens with one attached hydrogen (secondary N) is 1. The molecule has 1 N–H and O–H groups in total. The summed E-state index contributed by atoms with van der Waals surface area (Å²) in [7, 11) is 0. The van der Waals surface area contributed by atoms with E-state index in [2.05, 4.69) is 5.32 Å². The summed E-state index contributed by atoms with van der Waals surface area (Å²) in [5.41, 5.74) is 2.16. The predicted octanol–water partition coefficient (Wildman–Crippen LogP) is 2.57. The minimum atomic E-state index is -0.640. The molecule has 1 spiro atoms. The Balaban J connectivity index is 1.28. The average Bonchev–Trinajstić information content (AvgIpc) is 3.13. The van der Waals surface area contributed by atoms with Crippen LogP contribution >= 0.6 is 0 Å². The SMILES string of the molecule is CC(Oc1ccc2c3c(c(=O)oc2c1)CCCC3)C(=O)N1CCC2(CC1)CNC(=O)C2. The molecule has 31 heavy (non-hydrogen) atoms. The fraction of sp³-hybridized carbons (Fsp3) is 0.542. The predicted molar refractivity (Wildman–Crippen MR) is 115 cm³/mol. The number of hydrogen-bond donors (Lipinski definition) is 1. The van der Waals surface area contributed by atoms with Crippen molar-refractivity contribution in [2.45, 2.75) is 58.0 Å². The third-order valence-corrected chi connectivity index (χ3v) is 7.19.